The summed E-state index contributed by atoms with van der Waals surface area (Å²) < 4.78 is 28.7. The number of aryl methyl sites for hydroxylation is 1. The van der Waals surface area contributed by atoms with Gasteiger partial charge in [-0.25, -0.2) is 13.1 Å². The molecule has 0 atom stereocenters. The van der Waals surface area contributed by atoms with E-state index >= 15 is 0 Å². The quantitative estimate of drug-likeness (QED) is 0.786. The van der Waals surface area contributed by atoms with E-state index < -0.39 is 10.0 Å². The van der Waals surface area contributed by atoms with Crippen LogP contribution in [0.1, 0.15) is 26.2 Å². The third-order valence-corrected chi connectivity index (χ3v) is 6.16. The zero-order chi connectivity index (χ0) is 14.1. The molecule has 3 N–H and O–H groups in total. The number of hydrogen-bond donors (Lipinski definition) is 2. The second-order valence-electron chi connectivity index (χ2n) is 4.85. The van der Waals surface area contributed by atoms with Gasteiger partial charge in [-0.2, -0.15) is 16.9 Å². The fourth-order valence-corrected chi connectivity index (χ4v) is 3.88. The Kier molecular flexibility index (Phi) is 4.12. The van der Waals surface area contributed by atoms with Gasteiger partial charge in [0.15, 0.2) is 5.82 Å². The number of nitrogens with zero attached hydrogens (tertiary/aromatic N) is 2. The smallest absolute Gasteiger partial charge is 0.245 e. The fraction of sp³-hybridized carbons (Fsp3) is 0.727. The van der Waals surface area contributed by atoms with Gasteiger partial charge in [-0.05, 0) is 25.5 Å². The molecule has 1 aromatic rings. The summed E-state index contributed by atoms with van der Waals surface area (Å²) in [5.41, 5.74) is 5.69. The number of anilines is 1. The largest absolute Gasteiger partial charge is 0.381 e. The van der Waals surface area contributed by atoms with Crippen LogP contribution in [0.5, 0.6) is 0 Å². The maximum Gasteiger partial charge on any atom is 0.245 e. The van der Waals surface area contributed by atoms with E-state index in [0.29, 0.717) is 13.1 Å². The molecule has 1 fully saturated rings. The highest BCUT2D eigenvalue weighted by molar-refractivity contribution is 8.00. The Morgan fingerprint density at radius 2 is 2.26 bits per heavy atom. The molecule has 8 heteroatoms. The normalized spacial score (nSPS) is 17.6. The Morgan fingerprint density at radius 3 is 2.79 bits per heavy atom. The van der Waals surface area contributed by atoms with Crippen molar-refractivity contribution in [3.8, 4) is 0 Å². The van der Waals surface area contributed by atoms with Gasteiger partial charge in [0, 0.05) is 24.0 Å². The molecule has 1 aromatic heterocycles. The summed E-state index contributed by atoms with van der Waals surface area (Å²) in [6.45, 7) is 3.11. The van der Waals surface area contributed by atoms with E-state index in [1.54, 1.807) is 16.4 Å². The first-order valence-corrected chi connectivity index (χ1v) is 9.01. The third kappa shape index (κ3) is 3.24. The molecule has 0 radical (unpaired) electrons. The summed E-state index contributed by atoms with van der Waals surface area (Å²) in [5, 5.41) is 4.02. The zero-order valence-electron chi connectivity index (χ0n) is 11.2. The maximum absolute atomic E-state index is 12.2. The number of hydrogen-bond acceptors (Lipinski definition) is 5. The van der Waals surface area contributed by atoms with Crippen molar-refractivity contribution in [3.05, 3.63) is 6.20 Å². The van der Waals surface area contributed by atoms with Crippen molar-refractivity contribution >= 4 is 27.6 Å². The molecule has 6 nitrogen and oxygen atoms in total. The minimum atomic E-state index is -3.56. The zero-order valence-corrected chi connectivity index (χ0v) is 12.9. The predicted molar refractivity (Wildman–Crippen MR) is 77.6 cm³/mol. The number of nitrogen functional groups attached to an aromatic ring is 1. The predicted octanol–water partition coefficient (Wildman–Crippen LogP) is 1.05. The lowest BCUT2D eigenvalue weighted by molar-refractivity contribution is 0.578. The van der Waals surface area contributed by atoms with E-state index in [0.717, 1.165) is 19.3 Å². The Morgan fingerprint density at radius 1 is 1.58 bits per heavy atom. The van der Waals surface area contributed by atoms with Gasteiger partial charge >= 0.3 is 0 Å². The van der Waals surface area contributed by atoms with Crippen LogP contribution in [-0.2, 0) is 16.6 Å². The van der Waals surface area contributed by atoms with Gasteiger partial charge in [0.1, 0.15) is 4.90 Å². The minimum absolute atomic E-state index is 0.0648. The molecule has 19 heavy (non-hydrogen) atoms. The molecule has 0 amide bonds. The summed E-state index contributed by atoms with van der Waals surface area (Å²) in [5.74, 6) is 0.0648. The SMILES string of the molecule is CCCn1cc(S(=O)(=O)NCC2(SC)CC2)c(N)n1. The van der Waals surface area contributed by atoms with Crippen molar-refractivity contribution in [3.63, 3.8) is 0 Å². The van der Waals surface area contributed by atoms with Gasteiger partial charge in [-0.15, -0.1) is 0 Å². The summed E-state index contributed by atoms with van der Waals surface area (Å²) >= 11 is 1.71. The number of thioether (sulfide) groups is 1. The van der Waals surface area contributed by atoms with E-state index in [1.165, 1.54) is 6.20 Å². The van der Waals surface area contributed by atoms with Crippen molar-refractivity contribution in [2.75, 3.05) is 18.5 Å². The molecule has 0 aliphatic heterocycles. The standard InChI is InChI=1S/C11H20N4O2S2/c1-3-6-15-7-9(10(12)14-15)19(16,17)13-8-11(18-2)4-5-11/h7,13H,3-6,8H2,1-2H3,(H2,12,14). The molecule has 1 saturated carbocycles. The van der Waals surface area contributed by atoms with E-state index in [4.69, 9.17) is 5.73 Å². The van der Waals surface area contributed by atoms with Crippen LogP contribution in [0.15, 0.2) is 11.1 Å². The monoisotopic (exact) mass is 304 g/mol. The molecule has 0 unspecified atom stereocenters. The van der Waals surface area contributed by atoms with Crippen LogP contribution >= 0.6 is 11.8 Å². The minimum Gasteiger partial charge on any atom is -0.381 e. The topological polar surface area (TPSA) is 90.0 Å². The van der Waals surface area contributed by atoms with Gasteiger partial charge in [0.25, 0.3) is 0 Å². The maximum atomic E-state index is 12.2. The molecular formula is C11H20N4O2S2. The second kappa shape index (κ2) is 5.34. The highest BCUT2D eigenvalue weighted by atomic mass is 32.2. The first-order chi connectivity index (χ1) is 8.92. The second-order valence-corrected chi connectivity index (χ2v) is 7.86. The van der Waals surface area contributed by atoms with Crippen LogP contribution in [0.4, 0.5) is 5.82 Å². The van der Waals surface area contributed by atoms with Crippen molar-refractivity contribution in [2.45, 2.75) is 42.4 Å². The average molecular weight is 304 g/mol. The van der Waals surface area contributed by atoms with Crippen molar-refractivity contribution in [1.29, 1.82) is 0 Å². The highest BCUT2D eigenvalue weighted by Crippen LogP contribution is 2.46. The number of aromatic nitrogens is 2. The van der Waals surface area contributed by atoms with Crippen molar-refractivity contribution in [2.24, 2.45) is 0 Å². The van der Waals surface area contributed by atoms with E-state index in [9.17, 15) is 8.42 Å². The number of sulfonamides is 1. The lowest BCUT2D eigenvalue weighted by Gasteiger charge is -2.12. The molecule has 2 rings (SSSR count). The van der Waals surface area contributed by atoms with E-state index in [2.05, 4.69) is 9.82 Å². The summed E-state index contributed by atoms with van der Waals surface area (Å²) in [6, 6.07) is 0. The van der Waals surface area contributed by atoms with Crippen LogP contribution in [0.2, 0.25) is 0 Å². The molecule has 108 valence electrons. The van der Waals surface area contributed by atoms with Gasteiger partial charge in [-0.1, -0.05) is 6.92 Å². The lowest BCUT2D eigenvalue weighted by atomic mass is 10.4. The Bertz CT molecular complexity index is 549. The molecule has 0 aromatic carbocycles. The van der Waals surface area contributed by atoms with Crippen LogP contribution < -0.4 is 10.5 Å². The van der Waals surface area contributed by atoms with Crippen LogP contribution in [0.25, 0.3) is 0 Å². The van der Waals surface area contributed by atoms with Crippen LogP contribution in [0, 0.1) is 0 Å². The van der Waals surface area contributed by atoms with Crippen molar-refractivity contribution in [1.82, 2.24) is 14.5 Å². The van der Waals surface area contributed by atoms with Crippen LogP contribution in [-0.4, -0.2) is 35.7 Å². The molecular weight excluding hydrogens is 284 g/mol. The number of nitrogens with two attached hydrogens (primary N) is 1. The molecule has 1 aliphatic rings. The first kappa shape index (κ1) is 14.7. The first-order valence-electron chi connectivity index (χ1n) is 6.30. The molecule has 0 spiro atoms. The fourth-order valence-electron chi connectivity index (χ4n) is 1.87. The summed E-state index contributed by atoms with van der Waals surface area (Å²) in [7, 11) is -3.56. The number of rotatable bonds is 7. The molecule has 1 heterocycles. The van der Waals surface area contributed by atoms with Gasteiger partial charge in [0.05, 0.1) is 0 Å². The van der Waals surface area contributed by atoms with Gasteiger partial charge < -0.3 is 5.73 Å². The van der Waals surface area contributed by atoms with Crippen LogP contribution in [0.3, 0.4) is 0 Å². The molecule has 0 bridgehead atoms. The van der Waals surface area contributed by atoms with E-state index in [1.807, 2.05) is 13.2 Å². The Labute approximate surface area is 118 Å². The van der Waals surface area contributed by atoms with E-state index in [-0.39, 0.29) is 15.5 Å². The molecule has 0 saturated heterocycles. The average Bonchev–Trinajstić information content (AvgIpc) is 3.05. The van der Waals surface area contributed by atoms with Gasteiger partial charge in [0.2, 0.25) is 10.0 Å². The van der Waals surface area contributed by atoms with Crippen molar-refractivity contribution < 1.29 is 8.42 Å². The summed E-state index contributed by atoms with van der Waals surface area (Å²) in [6.07, 6.45) is 6.50. The summed E-state index contributed by atoms with van der Waals surface area (Å²) in [4.78, 5) is 0.0813. The Hall–Kier alpha value is -0.730. The highest BCUT2D eigenvalue weighted by Gasteiger charge is 2.42. The number of nitrogens with one attached hydrogen (secondary N) is 1. The lowest BCUT2D eigenvalue weighted by Crippen LogP contribution is -2.32. The van der Waals surface area contributed by atoms with Gasteiger partial charge in [-0.3, -0.25) is 4.68 Å². The third-order valence-electron chi connectivity index (χ3n) is 3.32. The molecule has 1 aliphatic carbocycles. The Balaban J connectivity index is 2.10.